The van der Waals surface area contributed by atoms with Gasteiger partial charge in [-0.15, -0.1) is 0 Å². The highest BCUT2D eigenvalue weighted by atomic mass is 16.4. The molecule has 0 saturated carbocycles. The number of hydrogen-bond donors (Lipinski definition) is 3. The maximum Gasteiger partial charge on any atom is 0.305 e. The summed E-state index contributed by atoms with van der Waals surface area (Å²) in [5.41, 5.74) is 16.2. The van der Waals surface area contributed by atoms with Crippen molar-refractivity contribution < 1.29 is 9.90 Å². The van der Waals surface area contributed by atoms with Crippen molar-refractivity contribution in [1.29, 1.82) is 0 Å². The van der Waals surface area contributed by atoms with Crippen LogP contribution in [-0.4, -0.2) is 11.1 Å². The van der Waals surface area contributed by atoms with Gasteiger partial charge in [0.25, 0.3) is 0 Å². The Morgan fingerprint density at radius 2 is 1.90 bits per heavy atom. The Morgan fingerprint density at radius 1 is 1.24 bits per heavy atom. The molecule has 4 heteroatoms. The summed E-state index contributed by atoms with van der Waals surface area (Å²) in [7, 11) is 0. The van der Waals surface area contributed by atoms with Gasteiger partial charge in [0, 0.05) is 17.3 Å². The minimum absolute atomic E-state index is 0.0898. The fraction of sp³-hybridized carbons (Fsp3) is 0.118. The van der Waals surface area contributed by atoms with Crippen molar-refractivity contribution in [3.8, 4) is 11.1 Å². The number of carbonyl (C=O) groups is 1. The van der Waals surface area contributed by atoms with Crippen LogP contribution in [0, 0.1) is 0 Å². The number of nitrogen functional groups attached to an aromatic ring is 1. The third-order valence-corrected chi connectivity index (χ3v) is 3.40. The fourth-order valence-corrected chi connectivity index (χ4v) is 2.23. The molecule has 0 spiro atoms. The maximum atomic E-state index is 10.7. The first kappa shape index (κ1) is 14.8. The van der Waals surface area contributed by atoms with E-state index in [1.165, 1.54) is 0 Å². The summed E-state index contributed by atoms with van der Waals surface area (Å²) >= 11 is 0. The molecular formula is C17H18N2O2. The number of aliphatic carboxylic acids is 1. The van der Waals surface area contributed by atoms with Gasteiger partial charge < -0.3 is 16.6 Å². The first-order valence-corrected chi connectivity index (χ1v) is 6.61. The Hall–Kier alpha value is -2.59. The van der Waals surface area contributed by atoms with E-state index in [0.717, 1.165) is 22.3 Å². The Morgan fingerprint density at radius 3 is 2.48 bits per heavy atom. The van der Waals surface area contributed by atoms with Crippen molar-refractivity contribution >= 4 is 17.7 Å². The number of para-hydroxylation sites is 1. The molecule has 0 bridgehead atoms. The second-order valence-corrected chi connectivity index (χ2v) is 4.84. The van der Waals surface area contributed by atoms with Gasteiger partial charge in [0.2, 0.25) is 0 Å². The first-order chi connectivity index (χ1) is 10.0. The summed E-state index contributed by atoms with van der Waals surface area (Å²) in [6.07, 6.45) is 1.63. The minimum Gasteiger partial charge on any atom is -0.481 e. The van der Waals surface area contributed by atoms with Gasteiger partial charge in [0.05, 0.1) is 6.42 Å². The van der Waals surface area contributed by atoms with E-state index in [-0.39, 0.29) is 6.42 Å². The summed E-state index contributed by atoms with van der Waals surface area (Å²) in [6.45, 7) is 3.74. The summed E-state index contributed by atoms with van der Waals surface area (Å²) in [5, 5.41) is 8.77. The molecule has 2 aromatic rings. The zero-order valence-electron chi connectivity index (χ0n) is 11.6. The van der Waals surface area contributed by atoms with Crippen LogP contribution in [0.15, 0.2) is 49.0 Å². The standard InChI is InChI=1S/C17H18N2O2/c1-2-11-4-3-5-14(17(11)19)12-6-8-13(9-7-12)15(18)10-16(20)21/h2-9,15H,1,10,18-19H2,(H,20,21). The predicted octanol–water partition coefficient (Wildman–Crippen LogP) is 3.05. The third-order valence-electron chi connectivity index (χ3n) is 3.40. The van der Waals surface area contributed by atoms with Gasteiger partial charge in [0.1, 0.15) is 0 Å². The average molecular weight is 282 g/mol. The Balaban J connectivity index is 2.31. The lowest BCUT2D eigenvalue weighted by Gasteiger charge is -2.12. The zero-order chi connectivity index (χ0) is 15.4. The topological polar surface area (TPSA) is 89.3 Å². The number of hydrogen-bond acceptors (Lipinski definition) is 3. The molecule has 108 valence electrons. The van der Waals surface area contributed by atoms with Crippen LogP contribution in [0.3, 0.4) is 0 Å². The van der Waals surface area contributed by atoms with E-state index in [2.05, 4.69) is 6.58 Å². The highest BCUT2D eigenvalue weighted by molar-refractivity contribution is 5.82. The Labute approximate surface area is 123 Å². The molecular weight excluding hydrogens is 264 g/mol. The van der Waals surface area contributed by atoms with E-state index in [1.54, 1.807) is 6.08 Å². The van der Waals surface area contributed by atoms with Crippen molar-refractivity contribution in [3.05, 3.63) is 60.2 Å². The van der Waals surface area contributed by atoms with E-state index < -0.39 is 12.0 Å². The van der Waals surface area contributed by atoms with Crippen molar-refractivity contribution in [2.75, 3.05) is 5.73 Å². The molecule has 0 saturated heterocycles. The molecule has 0 amide bonds. The lowest BCUT2D eigenvalue weighted by atomic mass is 9.97. The summed E-state index contributed by atoms with van der Waals surface area (Å²) in [5.74, 6) is -0.908. The largest absolute Gasteiger partial charge is 0.481 e. The van der Waals surface area contributed by atoms with Gasteiger partial charge in [-0.2, -0.15) is 0 Å². The summed E-state index contributed by atoms with van der Waals surface area (Å²) in [6, 6.07) is 12.7. The van der Waals surface area contributed by atoms with Gasteiger partial charge in [-0.1, -0.05) is 55.1 Å². The molecule has 1 atom stereocenters. The van der Waals surface area contributed by atoms with Crippen molar-refractivity contribution in [2.24, 2.45) is 5.73 Å². The lowest BCUT2D eigenvalue weighted by Crippen LogP contribution is -2.14. The third kappa shape index (κ3) is 3.30. The second-order valence-electron chi connectivity index (χ2n) is 4.84. The SMILES string of the molecule is C=Cc1cccc(-c2ccc(C(N)CC(=O)O)cc2)c1N. The fourth-order valence-electron chi connectivity index (χ4n) is 2.23. The molecule has 4 nitrogen and oxygen atoms in total. The maximum absolute atomic E-state index is 10.7. The second kappa shape index (κ2) is 6.24. The molecule has 0 heterocycles. The molecule has 5 N–H and O–H groups in total. The van der Waals surface area contributed by atoms with Gasteiger partial charge in [-0.05, 0) is 16.7 Å². The van der Waals surface area contributed by atoms with Gasteiger partial charge in [-0.25, -0.2) is 0 Å². The van der Waals surface area contributed by atoms with E-state index in [1.807, 2.05) is 42.5 Å². The molecule has 0 aliphatic heterocycles. The number of carboxylic acid groups (broad SMARTS) is 1. The van der Waals surface area contributed by atoms with Crippen LogP contribution in [0.5, 0.6) is 0 Å². The van der Waals surface area contributed by atoms with Crippen molar-refractivity contribution in [1.82, 2.24) is 0 Å². The predicted molar refractivity (Wildman–Crippen MR) is 85.6 cm³/mol. The minimum atomic E-state index is -0.908. The van der Waals surface area contributed by atoms with E-state index in [4.69, 9.17) is 16.6 Å². The van der Waals surface area contributed by atoms with Crippen LogP contribution < -0.4 is 11.5 Å². The van der Waals surface area contributed by atoms with Gasteiger partial charge in [-0.3, -0.25) is 4.79 Å². The summed E-state index contributed by atoms with van der Waals surface area (Å²) < 4.78 is 0. The Bertz CT molecular complexity index is 663. The molecule has 1 unspecified atom stereocenters. The summed E-state index contributed by atoms with van der Waals surface area (Å²) in [4.78, 5) is 10.7. The molecule has 0 fully saturated rings. The zero-order valence-corrected chi connectivity index (χ0v) is 11.6. The van der Waals surface area contributed by atoms with Gasteiger partial charge in [0.15, 0.2) is 0 Å². The number of anilines is 1. The van der Waals surface area contributed by atoms with Crippen LogP contribution in [0.4, 0.5) is 5.69 Å². The van der Waals surface area contributed by atoms with E-state index >= 15 is 0 Å². The molecule has 21 heavy (non-hydrogen) atoms. The van der Waals surface area contributed by atoms with Crippen LogP contribution in [-0.2, 0) is 4.79 Å². The number of benzene rings is 2. The highest BCUT2D eigenvalue weighted by Gasteiger charge is 2.11. The van der Waals surface area contributed by atoms with E-state index in [9.17, 15) is 4.79 Å². The van der Waals surface area contributed by atoms with E-state index in [0.29, 0.717) is 5.69 Å². The van der Waals surface area contributed by atoms with Crippen molar-refractivity contribution in [3.63, 3.8) is 0 Å². The highest BCUT2D eigenvalue weighted by Crippen LogP contribution is 2.30. The normalized spacial score (nSPS) is 11.9. The van der Waals surface area contributed by atoms with Crippen LogP contribution in [0.1, 0.15) is 23.6 Å². The quantitative estimate of drug-likeness (QED) is 0.735. The molecule has 0 aliphatic carbocycles. The Kier molecular flexibility index (Phi) is 4.40. The van der Waals surface area contributed by atoms with Crippen LogP contribution >= 0.6 is 0 Å². The number of nitrogens with two attached hydrogens (primary N) is 2. The monoisotopic (exact) mass is 282 g/mol. The molecule has 0 aromatic heterocycles. The van der Waals surface area contributed by atoms with Crippen LogP contribution in [0.2, 0.25) is 0 Å². The molecule has 0 radical (unpaired) electrons. The smallest absolute Gasteiger partial charge is 0.305 e. The number of carboxylic acids is 1. The molecule has 0 aliphatic rings. The average Bonchev–Trinajstić information content (AvgIpc) is 2.47. The number of rotatable bonds is 5. The first-order valence-electron chi connectivity index (χ1n) is 6.61. The molecule has 2 rings (SSSR count). The van der Waals surface area contributed by atoms with Gasteiger partial charge >= 0.3 is 5.97 Å². The molecule has 2 aromatic carbocycles. The van der Waals surface area contributed by atoms with Crippen LogP contribution in [0.25, 0.3) is 17.2 Å². The lowest BCUT2D eigenvalue weighted by molar-refractivity contribution is -0.137. The van der Waals surface area contributed by atoms with Crippen molar-refractivity contribution in [2.45, 2.75) is 12.5 Å².